The number of rotatable bonds is 15. The molecule has 4 amide bonds. The van der Waals surface area contributed by atoms with E-state index in [1.165, 1.54) is 6.92 Å². The average Bonchev–Trinajstić information content (AvgIpc) is 3.48. The van der Waals surface area contributed by atoms with Crippen molar-refractivity contribution in [3.8, 4) is 0 Å². The standard InChI is InChI=1S/C25H45N4O6P/c1-13(2)9-17(20(31)25(8)12-35-25)27-21(32)18(10-14(3)4)28-22(33)19(11-15(5)6)29-23(34)24(36)26-16(7)30/h13-15,17-19,24H,9-12,36H2,1-8H3,(H,26,30)(H,27,32)(H,28,33)(H,29,34)/t17-,18-,19-,24-,25+/m0/s1. The summed E-state index contributed by atoms with van der Waals surface area (Å²) in [6.45, 7) is 15.0. The highest BCUT2D eigenvalue weighted by atomic mass is 31.0. The molecular formula is C25H45N4O6P. The minimum absolute atomic E-state index is 0.0782. The van der Waals surface area contributed by atoms with Crippen molar-refractivity contribution in [1.82, 2.24) is 21.3 Å². The lowest BCUT2D eigenvalue weighted by atomic mass is 9.92. The summed E-state index contributed by atoms with van der Waals surface area (Å²) in [6, 6.07) is -2.51. The van der Waals surface area contributed by atoms with Gasteiger partial charge in [-0.05, 0) is 43.9 Å². The van der Waals surface area contributed by atoms with Crippen molar-refractivity contribution in [3.05, 3.63) is 0 Å². The fourth-order valence-electron chi connectivity index (χ4n) is 3.82. The monoisotopic (exact) mass is 528 g/mol. The van der Waals surface area contributed by atoms with Crippen LogP contribution in [0.15, 0.2) is 0 Å². The highest BCUT2D eigenvalue weighted by Crippen LogP contribution is 2.29. The Morgan fingerprint density at radius 3 is 1.44 bits per heavy atom. The Hall–Kier alpha value is -2.06. The summed E-state index contributed by atoms with van der Waals surface area (Å²) in [6.07, 6.45) is 1.15. The van der Waals surface area contributed by atoms with E-state index in [4.69, 9.17) is 4.74 Å². The maximum Gasteiger partial charge on any atom is 0.247 e. The Balaban J connectivity index is 3.02. The molecule has 1 heterocycles. The minimum atomic E-state index is -0.899. The largest absolute Gasteiger partial charge is 0.361 e. The van der Waals surface area contributed by atoms with Crippen LogP contribution < -0.4 is 21.3 Å². The van der Waals surface area contributed by atoms with Gasteiger partial charge >= 0.3 is 0 Å². The highest BCUT2D eigenvalue weighted by molar-refractivity contribution is 7.19. The molecule has 1 aliphatic heterocycles. The first kappa shape index (κ1) is 32.0. The molecule has 10 nitrogen and oxygen atoms in total. The molecule has 206 valence electrons. The topological polar surface area (TPSA) is 146 Å². The van der Waals surface area contributed by atoms with Crippen molar-refractivity contribution in [1.29, 1.82) is 0 Å². The van der Waals surface area contributed by atoms with E-state index in [-0.39, 0.29) is 29.4 Å². The lowest BCUT2D eigenvalue weighted by molar-refractivity contribution is -0.135. The molecule has 0 spiro atoms. The Bertz CT molecular complexity index is 812. The second kappa shape index (κ2) is 14.0. The van der Waals surface area contributed by atoms with Gasteiger partial charge in [-0.3, -0.25) is 24.0 Å². The van der Waals surface area contributed by atoms with Gasteiger partial charge in [-0.2, -0.15) is 0 Å². The second-order valence-corrected chi connectivity index (χ2v) is 11.8. The van der Waals surface area contributed by atoms with Gasteiger partial charge in [0.15, 0.2) is 5.78 Å². The molecule has 36 heavy (non-hydrogen) atoms. The summed E-state index contributed by atoms with van der Waals surface area (Å²) in [5.41, 5.74) is -0.876. The summed E-state index contributed by atoms with van der Waals surface area (Å²) in [4.78, 5) is 63.3. The first-order valence-corrected chi connectivity index (χ1v) is 13.3. The van der Waals surface area contributed by atoms with E-state index in [9.17, 15) is 24.0 Å². The number of hydrogen-bond acceptors (Lipinski definition) is 6. The van der Waals surface area contributed by atoms with Crippen molar-refractivity contribution >= 4 is 38.7 Å². The molecule has 6 atom stereocenters. The van der Waals surface area contributed by atoms with Gasteiger partial charge in [-0.15, -0.1) is 9.24 Å². The Morgan fingerprint density at radius 2 is 1.08 bits per heavy atom. The van der Waals surface area contributed by atoms with E-state index in [2.05, 4.69) is 30.5 Å². The number of ether oxygens (including phenoxy) is 1. The predicted octanol–water partition coefficient (Wildman–Crippen LogP) is 1.27. The number of amides is 4. The lowest BCUT2D eigenvalue weighted by Crippen LogP contribution is -2.58. The van der Waals surface area contributed by atoms with E-state index in [1.54, 1.807) is 6.92 Å². The zero-order chi connectivity index (χ0) is 27.8. The molecule has 4 N–H and O–H groups in total. The van der Waals surface area contributed by atoms with Crippen LogP contribution in [0.3, 0.4) is 0 Å². The van der Waals surface area contributed by atoms with Crippen molar-refractivity contribution < 1.29 is 28.7 Å². The van der Waals surface area contributed by atoms with Crippen LogP contribution >= 0.6 is 9.24 Å². The lowest BCUT2D eigenvalue weighted by Gasteiger charge is -2.28. The highest BCUT2D eigenvalue weighted by Gasteiger charge is 2.50. The minimum Gasteiger partial charge on any atom is -0.361 e. The van der Waals surface area contributed by atoms with E-state index >= 15 is 0 Å². The van der Waals surface area contributed by atoms with Gasteiger partial charge in [-0.25, -0.2) is 0 Å². The van der Waals surface area contributed by atoms with E-state index in [0.29, 0.717) is 25.9 Å². The van der Waals surface area contributed by atoms with Crippen LogP contribution in [0.4, 0.5) is 0 Å². The molecular weight excluding hydrogens is 483 g/mol. The summed E-state index contributed by atoms with van der Waals surface area (Å²) < 4.78 is 5.30. The average molecular weight is 529 g/mol. The van der Waals surface area contributed by atoms with Crippen molar-refractivity contribution in [3.63, 3.8) is 0 Å². The third-order valence-electron chi connectivity index (χ3n) is 5.76. The molecule has 0 radical (unpaired) electrons. The van der Waals surface area contributed by atoms with Gasteiger partial charge in [0, 0.05) is 6.92 Å². The molecule has 1 fully saturated rings. The van der Waals surface area contributed by atoms with Gasteiger partial charge in [0.25, 0.3) is 0 Å². The van der Waals surface area contributed by atoms with Gasteiger partial charge in [0.1, 0.15) is 23.5 Å². The molecule has 0 saturated carbocycles. The zero-order valence-electron chi connectivity index (χ0n) is 22.9. The number of ketones is 1. The second-order valence-electron chi connectivity index (χ2n) is 11.1. The molecule has 0 aromatic heterocycles. The SMILES string of the molecule is CC(=O)N[C@@H](P)C(=O)N[C@@H](CC(C)C)C(=O)N[C@@H](CC(C)C)C(=O)N[C@@H](CC(C)C)C(=O)[C@@]1(C)CO1. The van der Waals surface area contributed by atoms with Crippen LogP contribution in [0, 0.1) is 17.8 Å². The quantitative estimate of drug-likeness (QED) is 0.186. The van der Waals surface area contributed by atoms with E-state index < -0.39 is 47.2 Å². The van der Waals surface area contributed by atoms with Gasteiger partial charge in [0.05, 0.1) is 12.6 Å². The van der Waals surface area contributed by atoms with E-state index in [0.717, 1.165) is 0 Å². The third-order valence-corrected chi connectivity index (χ3v) is 6.23. The van der Waals surface area contributed by atoms with E-state index in [1.807, 2.05) is 41.5 Å². The van der Waals surface area contributed by atoms with Crippen LogP contribution in [0.25, 0.3) is 0 Å². The van der Waals surface area contributed by atoms with Crippen LogP contribution in [0.5, 0.6) is 0 Å². The van der Waals surface area contributed by atoms with Crippen LogP contribution in [0.1, 0.15) is 74.7 Å². The van der Waals surface area contributed by atoms with Gasteiger partial charge < -0.3 is 26.0 Å². The van der Waals surface area contributed by atoms with Crippen LogP contribution in [-0.4, -0.2) is 65.5 Å². The number of carbonyl (C=O) groups is 5. The first-order chi connectivity index (χ1) is 16.6. The number of epoxide rings is 1. The fourth-order valence-corrected chi connectivity index (χ4v) is 4.15. The number of carbonyl (C=O) groups excluding carboxylic acids is 5. The molecule has 11 heteroatoms. The molecule has 1 saturated heterocycles. The summed E-state index contributed by atoms with van der Waals surface area (Å²) in [7, 11) is 2.23. The van der Waals surface area contributed by atoms with Crippen LogP contribution in [0.2, 0.25) is 0 Å². The number of nitrogens with one attached hydrogen (secondary N) is 4. The van der Waals surface area contributed by atoms with Crippen LogP contribution in [-0.2, 0) is 28.7 Å². The van der Waals surface area contributed by atoms with Gasteiger partial charge in [0.2, 0.25) is 23.6 Å². The molecule has 0 aromatic carbocycles. The molecule has 0 aliphatic carbocycles. The summed E-state index contributed by atoms with van der Waals surface area (Å²) in [5, 5.41) is 10.8. The zero-order valence-corrected chi connectivity index (χ0v) is 24.1. The molecule has 1 rings (SSSR count). The summed E-state index contributed by atoms with van der Waals surface area (Å²) in [5.74, 6) is -2.59. The number of hydrogen-bond donors (Lipinski definition) is 4. The molecule has 0 bridgehead atoms. The maximum absolute atomic E-state index is 13.3. The fraction of sp³-hybridized carbons (Fsp3) is 0.800. The van der Waals surface area contributed by atoms with Crippen molar-refractivity contribution in [2.75, 3.05) is 6.61 Å². The summed E-state index contributed by atoms with van der Waals surface area (Å²) >= 11 is 0. The Labute approximate surface area is 217 Å². The Morgan fingerprint density at radius 1 is 0.722 bits per heavy atom. The maximum atomic E-state index is 13.3. The Kier molecular flexibility index (Phi) is 12.5. The van der Waals surface area contributed by atoms with Gasteiger partial charge in [-0.1, -0.05) is 41.5 Å². The predicted molar refractivity (Wildman–Crippen MR) is 141 cm³/mol. The molecule has 1 unspecified atom stereocenters. The molecule has 1 aliphatic rings. The smallest absolute Gasteiger partial charge is 0.247 e. The third kappa shape index (κ3) is 10.9. The molecule has 0 aromatic rings. The van der Waals surface area contributed by atoms with Crippen molar-refractivity contribution in [2.24, 2.45) is 17.8 Å². The van der Waals surface area contributed by atoms with Crippen molar-refractivity contribution in [2.45, 2.75) is 104 Å². The first-order valence-electron chi connectivity index (χ1n) is 12.7. The number of Topliss-reactive ketones (excluding diaryl/α,β-unsaturated/α-hetero) is 1. The normalized spacial score (nSPS) is 20.3.